The van der Waals surface area contributed by atoms with Crippen LogP contribution in [0.4, 0.5) is 4.79 Å². The first-order chi connectivity index (χ1) is 10.3. The van der Waals surface area contributed by atoms with Crippen LogP contribution in [0.15, 0.2) is 12.2 Å². The van der Waals surface area contributed by atoms with Gasteiger partial charge in [0.25, 0.3) is 0 Å². The van der Waals surface area contributed by atoms with Gasteiger partial charge in [0.15, 0.2) is 0 Å². The smallest absolute Gasteiger partial charge is 0.410 e. The Morgan fingerprint density at radius 1 is 1.23 bits per heavy atom. The fourth-order valence-electron chi connectivity index (χ4n) is 2.28. The van der Waals surface area contributed by atoms with Gasteiger partial charge in [-0.1, -0.05) is 6.08 Å². The molecule has 6 nitrogen and oxygen atoms in total. The molecule has 0 unspecified atom stereocenters. The molecule has 0 spiro atoms. The van der Waals surface area contributed by atoms with E-state index in [1.54, 1.807) is 17.9 Å². The summed E-state index contributed by atoms with van der Waals surface area (Å²) in [6.07, 6.45) is 3.24. The van der Waals surface area contributed by atoms with Crippen LogP contribution in [0, 0.1) is 0 Å². The number of rotatable bonds is 5. The highest BCUT2D eigenvalue weighted by atomic mass is 16.6. The number of ether oxygens (including phenoxy) is 3. The number of amides is 1. The maximum absolute atomic E-state index is 12.3. The average molecular weight is 313 g/mol. The van der Waals surface area contributed by atoms with Gasteiger partial charge in [-0.15, -0.1) is 0 Å². The molecular formula is C16H27NO5. The first kappa shape index (κ1) is 18.5. The summed E-state index contributed by atoms with van der Waals surface area (Å²) in [6.45, 7) is 10.5. The van der Waals surface area contributed by atoms with Gasteiger partial charge >= 0.3 is 12.1 Å². The first-order valence-corrected chi connectivity index (χ1v) is 7.73. The van der Waals surface area contributed by atoms with E-state index in [0.717, 1.165) is 0 Å². The van der Waals surface area contributed by atoms with Crippen LogP contribution in [0.2, 0.25) is 0 Å². The Labute approximate surface area is 132 Å². The molecule has 0 aromatic heterocycles. The van der Waals surface area contributed by atoms with Crippen molar-refractivity contribution in [3.05, 3.63) is 12.2 Å². The molecule has 1 fully saturated rings. The topological polar surface area (TPSA) is 65.1 Å². The number of carbonyl (C=O) groups is 2. The van der Waals surface area contributed by atoms with Crippen molar-refractivity contribution in [2.24, 2.45) is 0 Å². The number of likely N-dealkylation sites (tertiary alicyclic amines) is 1. The van der Waals surface area contributed by atoms with Crippen molar-refractivity contribution in [2.45, 2.75) is 58.8 Å². The minimum absolute atomic E-state index is 0.0469. The van der Waals surface area contributed by atoms with Crippen molar-refractivity contribution in [3.8, 4) is 0 Å². The molecule has 0 aromatic carbocycles. The Morgan fingerprint density at radius 2 is 1.91 bits per heavy atom. The van der Waals surface area contributed by atoms with Crippen molar-refractivity contribution in [2.75, 3.05) is 19.8 Å². The van der Waals surface area contributed by atoms with Gasteiger partial charge in [0.05, 0.1) is 25.3 Å². The lowest BCUT2D eigenvalue weighted by Gasteiger charge is -2.27. The van der Waals surface area contributed by atoms with E-state index in [1.807, 2.05) is 27.7 Å². The van der Waals surface area contributed by atoms with Gasteiger partial charge < -0.3 is 14.2 Å². The Kier molecular flexibility index (Phi) is 6.87. The summed E-state index contributed by atoms with van der Waals surface area (Å²) in [5, 5.41) is 0. The van der Waals surface area contributed by atoms with E-state index in [1.165, 1.54) is 6.08 Å². The van der Waals surface area contributed by atoms with E-state index in [-0.39, 0.29) is 12.1 Å². The zero-order valence-corrected chi connectivity index (χ0v) is 14.1. The minimum atomic E-state index is -0.559. The van der Waals surface area contributed by atoms with Crippen LogP contribution in [-0.4, -0.2) is 54.5 Å². The number of nitrogens with zero attached hydrogens (tertiary/aromatic N) is 1. The minimum Gasteiger partial charge on any atom is -0.463 e. The van der Waals surface area contributed by atoms with Crippen molar-refractivity contribution in [1.29, 1.82) is 0 Å². The molecule has 0 saturated carbocycles. The van der Waals surface area contributed by atoms with E-state index in [2.05, 4.69) is 0 Å². The van der Waals surface area contributed by atoms with Gasteiger partial charge in [-0.2, -0.15) is 0 Å². The zero-order chi connectivity index (χ0) is 16.8. The van der Waals surface area contributed by atoms with Gasteiger partial charge in [-0.05, 0) is 41.0 Å². The molecule has 1 aliphatic heterocycles. The Hall–Kier alpha value is -1.56. The molecule has 0 aromatic rings. The molecule has 1 heterocycles. The van der Waals surface area contributed by atoms with Gasteiger partial charge in [0.2, 0.25) is 0 Å². The highest BCUT2D eigenvalue weighted by Crippen LogP contribution is 2.24. The third-order valence-electron chi connectivity index (χ3n) is 3.08. The molecule has 1 saturated heterocycles. The van der Waals surface area contributed by atoms with Gasteiger partial charge in [0.1, 0.15) is 5.60 Å². The lowest BCUT2D eigenvalue weighted by Crippen LogP contribution is -2.39. The molecule has 22 heavy (non-hydrogen) atoms. The lowest BCUT2D eigenvalue weighted by molar-refractivity contribution is -0.137. The quantitative estimate of drug-likeness (QED) is 0.576. The monoisotopic (exact) mass is 313 g/mol. The van der Waals surface area contributed by atoms with E-state index in [0.29, 0.717) is 26.2 Å². The fraction of sp³-hybridized carbons (Fsp3) is 0.750. The molecule has 0 aliphatic carbocycles. The first-order valence-electron chi connectivity index (χ1n) is 7.73. The Balaban J connectivity index is 2.76. The summed E-state index contributed by atoms with van der Waals surface area (Å²) in [6, 6.07) is -0.226. The molecule has 126 valence electrons. The fourth-order valence-corrected chi connectivity index (χ4v) is 2.28. The van der Waals surface area contributed by atoms with Crippen LogP contribution in [0.5, 0.6) is 0 Å². The summed E-state index contributed by atoms with van der Waals surface area (Å²) >= 11 is 0. The molecular weight excluding hydrogens is 286 g/mol. The maximum Gasteiger partial charge on any atom is 0.410 e. The molecule has 1 amide bonds. The largest absolute Gasteiger partial charge is 0.463 e. The normalized spacial score (nSPS) is 22.1. The summed E-state index contributed by atoms with van der Waals surface area (Å²) in [4.78, 5) is 25.3. The van der Waals surface area contributed by atoms with E-state index >= 15 is 0 Å². The van der Waals surface area contributed by atoms with E-state index in [9.17, 15) is 9.59 Å². The highest BCUT2D eigenvalue weighted by molar-refractivity contribution is 5.82. The van der Waals surface area contributed by atoms with Crippen LogP contribution in [-0.2, 0) is 19.0 Å². The zero-order valence-electron chi connectivity index (χ0n) is 14.1. The third-order valence-corrected chi connectivity index (χ3v) is 3.08. The lowest BCUT2D eigenvalue weighted by atomic mass is 10.2. The van der Waals surface area contributed by atoms with Crippen molar-refractivity contribution >= 4 is 12.1 Å². The van der Waals surface area contributed by atoms with Crippen LogP contribution in [0.3, 0.4) is 0 Å². The molecule has 6 heteroatoms. The molecule has 1 rings (SSSR count). The standard InChI is InChI=1S/C16H27NO5/c1-6-20-13-10-12(8-9-14(18)21-7-2)17(11-13)15(19)22-16(3,4)5/h8-9,12-13H,6-7,10-11H2,1-5H3/b9-8+/t12-,13+/m1/s1. The molecule has 0 N–H and O–H groups in total. The van der Waals surface area contributed by atoms with Crippen molar-refractivity contribution in [3.63, 3.8) is 0 Å². The molecule has 2 atom stereocenters. The highest BCUT2D eigenvalue weighted by Gasteiger charge is 2.36. The second kappa shape index (κ2) is 8.17. The van der Waals surface area contributed by atoms with Crippen molar-refractivity contribution < 1.29 is 23.8 Å². The van der Waals surface area contributed by atoms with Crippen LogP contribution < -0.4 is 0 Å². The molecule has 0 bridgehead atoms. The second-order valence-corrected chi connectivity index (χ2v) is 6.12. The summed E-state index contributed by atoms with van der Waals surface area (Å²) in [5.41, 5.74) is -0.559. The van der Waals surface area contributed by atoms with Crippen LogP contribution in [0.1, 0.15) is 41.0 Å². The second-order valence-electron chi connectivity index (χ2n) is 6.12. The van der Waals surface area contributed by atoms with Crippen LogP contribution in [0.25, 0.3) is 0 Å². The SMILES string of the molecule is CCOC(=O)/C=C/[C@@H]1C[C@H](OCC)CN1C(=O)OC(C)(C)C. The third kappa shape index (κ3) is 6.05. The maximum atomic E-state index is 12.3. The van der Waals surface area contributed by atoms with E-state index in [4.69, 9.17) is 14.2 Å². The number of hydrogen-bond donors (Lipinski definition) is 0. The van der Waals surface area contributed by atoms with Crippen LogP contribution >= 0.6 is 0 Å². The Morgan fingerprint density at radius 3 is 2.45 bits per heavy atom. The number of hydrogen-bond acceptors (Lipinski definition) is 5. The predicted octanol–water partition coefficient (Wildman–Crippen LogP) is 2.52. The predicted molar refractivity (Wildman–Crippen MR) is 82.5 cm³/mol. The molecule has 1 aliphatic rings. The Bertz CT molecular complexity index is 413. The summed E-state index contributed by atoms with van der Waals surface area (Å²) < 4.78 is 15.9. The average Bonchev–Trinajstić information content (AvgIpc) is 2.78. The van der Waals surface area contributed by atoms with Gasteiger partial charge in [-0.25, -0.2) is 9.59 Å². The van der Waals surface area contributed by atoms with E-state index < -0.39 is 17.7 Å². The van der Waals surface area contributed by atoms with Crippen molar-refractivity contribution in [1.82, 2.24) is 4.90 Å². The number of carbonyl (C=O) groups excluding carboxylic acids is 2. The summed E-state index contributed by atoms with van der Waals surface area (Å²) in [5.74, 6) is -0.411. The summed E-state index contributed by atoms with van der Waals surface area (Å²) in [7, 11) is 0. The van der Waals surface area contributed by atoms with Gasteiger partial charge in [-0.3, -0.25) is 4.90 Å². The molecule has 0 radical (unpaired) electrons. The number of esters is 1. The van der Waals surface area contributed by atoms with Gasteiger partial charge in [0, 0.05) is 12.7 Å².